The molecule has 0 saturated heterocycles. The van der Waals surface area contributed by atoms with Crippen molar-refractivity contribution >= 4 is 22.6 Å². The molecule has 0 heterocycles. The number of rotatable bonds is 6. The van der Waals surface area contributed by atoms with Crippen LogP contribution in [0.1, 0.15) is 55.9 Å². The van der Waals surface area contributed by atoms with E-state index in [2.05, 4.69) is 36.9 Å². The number of carbonyl (C=O) groups is 1. The van der Waals surface area contributed by atoms with E-state index in [4.69, 9.17) is 0 Å². The third-order valence-corrected chi connectivity index (χ3v) is 5.20. The van der Waals surface area contributed by atoms with Crippen LogP contribution in [0, 0.1) is 17.1 Å². The van der Waals surface area contributed by atoms with Crippen LogP contribution in [0.25, 0.3) is 0 Å². The molecule has 0 saturated carbocycles. The summed E-state index contributed by atoms with van der Waals surface area (Å²) in [5.41, 5.74) is 2.87. The minimum atomic E-state index is -1.38. The van der Waals surface area contributed by atoms with Gasteiger partial charge < -0.3 is 10.0 Å². The summed E-state index contributed by atoms with van der Waals surface area (Å²) in [6.45, 7) is 8.12. The number of nitrogens with one attached hydrogen (secondary N) is 2. The van der Waals surface area contributed by atoms with Crippen molar-refractivity contribution in [3.8, 4) is 6.07 Å². The third kappa shape index (κ3) is 5.88. The van der Waals surface area contributed by atoms with Crippen molar-refractivity contribution in [2.75, 3.05) is 11.0 Å². The number of anilines is 1. The Hall–Kier alpha value is -2.72. The van der Waals surface area contributed by atoms with Crippen LogP contribution in [0.4, 0.5) is 10.1 Å². The Balaban J connectivity index is 2.10. The highest BCUT2D eigenvalue weighted by molar-refractivity contribution is 7.85. The predicted molar refractivity (Wildman–Crippen MR) is 114 cm³/mol. The van der Waals surface area contributed by atoms with Crippen molar-refractivity contribution < 1.29 is 13.4 Å². The largest absolute Gasteiger partial charge is 0.351 e. The Morgan fingerprint density at radius 1 is 1.24 bits per heavy atom. The summed E-state index contributed by atoms with van der Waals surface area (Å²) in [5, 5.41) is 12.3. The fourth-order valence-electron chi connectivity index (χ4n) is 2.83. The molecule has 29 heavy (non-hydrogen) atoms. The topological polar surface area (TPSA) is 82.0 Å². The highest BCUT2D eigenvalue weighted by atomic mass is 32.2. The second-order valence-corrected chi connectivity index (χ2v) is 9.08. The second-order valence-electron chi connectivity index (χ2n) is 7.97. The lowest BCUT2D eigenvalue weighted by atomic mass is 9.85. The maximum absolute atomic E-state index is 14.2. The molecule has 154 valence electrons. The van der Waals surface area contributed by atoms with Gasteiger partial charge in [0.05, 0.1) is 23.2 Å². The van der Waals surface area contributed by atoms with E-state index in [1.165, 1.54) is 18.4 Å². The fraction of sp³-hybridized carbons (Fsp3) is 0.364. The normalized spacial score (nSPS) is 13.3. The minimum absolute atomic E-state index is 0.0721. The standard InChI is InChI=1S/C22H26FN3O2S/c1-14(15-7-9-20(19(23)11-15)26-29(5)28)21(27)25-13-16-6-8-18(22(2,3)4)10-17(16)12-24/h6-11,14,26H,13H2,1-5H3,(H,25,27). The van der Waals surface area contributed by atoms with Gasteiger partial charge in [-0.2, -0.15) is 5.26 Å². The molecule has 7 heteroatoms. The summed E-state index contributed by atoms with van der Waals surface area (Å²) in [6.07, 6.45) is 1.41. The molecule has 2 aromatic rings. The van der Waals surface area contributed by atoms with Gasteiger partial charge in [0.15, 0.2) is 0 Å². The molecule has 2 aromatic carbocycles. The molecule has 0 aliphatic carbocycles. The third-order valence-electron chi connectivity index (χ3n) is 4.69. The molecule has 5 nitrogen and oxygen atoms in total. The molecule has 0 aliphatic rings. The maximum Gasteiger partial charge on any atom is 0.227 e. The molecule has 0 aliphatic heterocycles. The minimum Gasteiger partial charge on any atom is -0.351 e. The van der Waals surface area contributed by atoms with Crippen molar-refractivity contribution in [1.29, 1.82) is 5.26 Å². The first-order chi connectivity index (χ1) is 13.5. The van der Waals surface area contributed by atoms with Crippen LogP contribution in [0.5, 0.6) is 0 Å². The molecule has 0 fully saturated rings. The molecule has 0 bridgehead atoms. The summed E-state index contributed by atoms with van der Waals surface area (Å²) in [5.74, 6) is -1.42. The van der Waals surface area contributed by atoms with E-state index in [0.29, 0.717) is 11.1 Å². The van der Waals surface area contributed by atoms with E-state index in [1.807, 2.05) is 18.2 Å². The van der Waals surface area contributed by atoms with Crippen molar-refractivity contribution in [1.82, 2.24) is 5.32 Å². The van der Waals surface area contributed by atoms with Crippen LogP contribution in [0.2, 0.25) is 0 Å². The predicted octanol–water partition coefficient (Wildman–Crippen LogP) is 4.12. The first kappa shape index (κ1) is 22.6. The number of hydrogen-bond acceptors (Lipinski definition) is 3. The monoisotopic (exact) mass is 415 g/mol. The van der Waals surface area contributed by atoms with Crippen LogP contribution >= 0.6 is 0 Å². The number of benzene rings is 2. The van der Waals surface area contributed by atoms with Gasteiger partial charge in [-0.3, -0.25) is 4.79 Å². The first-order valence-corrected chi connectivity index (χ1v) is 10.8. The Bertz CT molecular complexity index is 977. The molecule has 2 rings (SSSR count). The lowest BCUT2D eigenvalue weighted by molar-refractivity contribution is -0.122. The summed E-state index contributed by atoms with van der Waals surface area (Å²) in [6, 6.07) is 12.2. The molecule has 0 aromatic heterocycles. The number of amides is 1. The fourth-order valence-corrected chi connectivity index (χ4v) is 3.30. The number of carbonyl (C=O) groups excluding carboxylic acids is 1. The smallest absolute Gasteiger partial charge is 0.227 e. The van der Waals surface area contributed by atoms with Crippen LogP contribution in [-0.4, -0.2) is 16.4 Å². The summed E-state index contributed by atoms with van der Waals surface area (Å²) in [7, 11) is -1.38. The molecule has 2 atom stereocenters. The highest BCUT2D eigenvalue weighted by Gasteiger charge is 2.19. The van der Waals surface area contributed by atoms with Gasteiger partial charge in [0, 0.05) is 12.8 Å². The van der Waals surface area contributed by atoms with Gasteiger partial charge in [-0.1, -0.05) is 39.0 Å². The van der Waals surface area contributed by atoms with E-state index in [-0.39, 0.29) is 23.6 Å². The Kier molecular flexibility index (Phi) is 7.15. The number of nitrogens with zero attached hydrogens (tertiary/aromatic N) is 1. The average Bonchev–Trinajstić information content (AvgIpc) is 2.65. The summed E-state index contributed by atoms with van der Waals surface area (Å²) in [4.78, 5) is 12.5. The Morgan fingerprint density at radius 3 is 2.48 bits per heavy atom. The van der Waals surface area contributed by atoms with E-state index in [1.54, 1.807) is 13.0 Å². The second kappa shape index (κ2) is 9.19. The van der Waals surface area contributed by atoms with E-state index in [9.17, 15) is 18.7 Å². The zero-order valence-electron chi connectivity index (χ0n) is 17.3. The number of nitriles is 1. The van der Waals surface area contributed by atoms with Gasteiger partial charge in [-0.15, -0.1) is 0 Å². The van der Waals surface area contributed by atoms with E-state index < -0.39 is 22.7 Å². The van der Waals surface area contributed by atoms with Crippen LogP contribution in [0.15, 0.2) is 36.4 Å². The lowest BCUT2D eigenvalue weighted by Crippen LogP contribution is -2.28. The van der Waals surface area contributed by atoms with Gasteiger partial charge in [-0.05, 0) is 47.2 Å². The highest BCUT2D eigenvalue weighted by Crippen LogP contribution is 2.25. The van der Waals surface area contributed by atoms with Gasteiger partial charge in [0.1, 0.15) is 16.8 Å². The summed E-state index contributed by atoms with van der Waals surface area (Å²) < 4.78 is 27.8. The first-order valence-electron chi connectivity index (χ1n) is 9.23. The van der Waals surface area contributed by atoms with Gasteiger partial charge in [0.2, 0.25) is 5.91 Å². The van der Waals surface area contributed by atoms with Gasteiger partial charge in [-0.25, -0.2) is 8.60 Å². The molecular weight excluding hydrogens is 389 g/mol. The van der Waals surface area contributed by atoms with Crippen LogP contribution in [0.3, 0.4) is 0 Å². The van der Waals surface area contributed by atoms with Crippen molar-refractivity contribution in [3.63, 3.8) is 0 Å². The van der Waals surface area contributed by atoms with Gasteiger partial charge >= 0.3 is 0 Å². The van der Waals surface area contributed by atoms with Crippen molar-refractivity contribution in [2.45, 2.75) is 45.6 Å². The van der Waals surface area contributed by atoms with E-state index in [0.717, 1.165) is 11.1 Å². The van der Waals surface area contributed by atoms with Crippen molar-refractivity contribution in [2.24, 2.45) is 0 Å². The van der Waals surface area contributed by atoms with Gasteiger partial charge in [0.25, 0.3) is 0 Å². The van der Waals surface area contributed by atoms with Crippen LogP contribution < -0.4 is 10.0 Å². The molecule has 1 amide bonds. The Labute approximate surface area is 173 Å². The molecule has 2 N–H and O–H groups in total. The molecule has 2 unspecified atom stereocenters. The number of halogens is 1. The zero-order chi connectivity index (χ0) is 21.8. The lowest BCUT2D eigenvalue weighted by Gasteiger charge is -2.20. The van der Waals surface area contributed by atoms with E-state index >= 15 is 0 Å². The zero-order valence-corrected chi connectivity index (χ0v) is 18.1. The SMILES string of the molecule is CC(C(=O)NCc1ccc(C(C)(C)C)cc1C#N)c1ccc(NS(C)=O)c(F)c1. The number of hydrogen-bond donors (Lipinski definition) is 2. The Morgan fingerprint density at radius 2 is 1.93 bits per heavy atom. The molecular formula is C22H26FN3O2S. The van der Waals surface area contributed by atoms with Crippen molar-refractivity contribution in [3.05, 3.63) is 64.5 Å². The quantitative estimate of drug-likeness (QED) is 0.745. The molecule has 0 spiro atoms. The maximum atomic E-state index is 14.2. The summed E-state index contributed by atoms with van der Waals surface area (Å²) >= 11 is 0. The average molecular weight is 416 g/mol. The van der Waals surface area contributed by atoms with Crippen LogP contribution in [-0.2, 0) is 27.7 Å². The molecule has 0 radical (unpaired) electrons.